The second kappa shape index (κ2) is 11.3. The van der Waals surface area contributed by atoms with Gasteiger partial charge in [-0.05, 0) is 46.8 Å². The molecule has 2 aliphatic heterocycles. The third kappa shape index (κ3) is 6.20. The quantitative estimate of drug-likeness (QED) is 0.417. The molecular weight excluding hydrogens is 562 g/mol. The van der Waals surface area contributed by atoms with Gasteiger partial charge < -0.3 is 28.8 Å². The molecule has 3 aromatic rings. The fourth-order valence-electron chi connectivity index (χ4n) is 4.87. The summed E-state index contributed by atoms with van der Waals surface area (Å²) < 4.78 is 24.9. The van der Waals surface area contributed by atoms with Crippen LogP contribution in [0.5, 0.6) is 5.88 Å². The lowest BCUT2D eigenvalue weighted by Gasteiger charge is -2.24. The minimum atomic E-state index is -1.08. The van der Waals surface area contributed by atoms with Gasteiger partial charge in [-0.1, -0.05) is 24.1 Å². The van der Waals surface area contributed by atoms with Gasteiger partial charge in [0.05, 0.1) is 16.2 Å². The molecule has 1 aromatic carbocycles. The predicted octanol–water partition coefficient (Wildman–Crippen LogP) is 4.00. The van der Waals surface area contributed by atoms with Gasteiger partial charge in [-0.3, -0.25) is 4.79 Å². The molecule has 0 radical (unpaired) electrons. The van der Waals surface area contributed by atoms with Crippen molar-refractivity contribution in [2.45, 2.75) is 68.8 Å². The highest BCUT2D eigenvalue weighted by molar-refractivity contribution is 8.00. The zero-order chi connectivity index (χ0) is 30.2. The maximum absolute atomic E-state index is 12.7. The molecule has 3 amide bonds. The van der Waals surface area contributed by atoms with Crippen LogP contribution in [0.25, 0.3) is 11.0 Å². The van der Waals surface area contributed by atoms with Crippen molar-refractivity contribution < 1.29 is 33.3 Å². The lowest BCUT2D eigenvalue weighted by atomic mass is 10.1. The van der Waals surface area contributed by atoms with E-state index in [-0.39, 0.29) is 28.5 Å². The standard InChI is InChI=1S/C29H31N5O7S/c1-7-16-14-34(22-19(16)24(32-15-31-22)38-26(36)33-27(37)41-28(2,3)4)25-21-20(39-29(5,6)40-21)18(42-25)13-30-23(35)17-11-9-8-10-12-17/h1,8-12,14-15,18,20-21,25H,13H2,2-6H3,(H,30,35)(H,33,36,37)/t18-,20-,21-,25-/m1/s1. The molecule has 0 saturated carbocycles. The number of imide groups is 1. The van der Waals surface area contributed by atoms with E-state index in [0.29, 0.717) is 28.7 Å². The van der Waals surface area contributed by atoms with Crippen LogP contribution in [-0.4, -0.2) is 68.0 Å². The van der Waals surface area contributed by atoms with Crippen LogP contribution in [0.1, 0.15) is 55.9 Å². The topological polar surface area (TPSA) is 143 Å². The van der Waals surface area contributed by atoms with Gasteiger partial charge in [-0.15, -0.1) is 18.2 Å². The summed E-state index contributed by atoms with van der Waals surface area (Å²) in [6, 6.07) is 8.97. The lowest BCUT2D eigenvalue weighted by molar-refractivity contribution is -0.148. The number of alkyl carbamates (subject to hydrolysis) is 1. The summed E-state index contributed by atoms with van der Waals surface area (Å²) in [5.74, 6) is 1.44. The Morgan fingerprint density at radius 1 is 1.12 bits per heavy atom. The number of fused-ring (bicyclic) bond motifs is 2. The van der Waals surface area contributed by atoms with Crippen molar-refractivity contribution in [1.82, 2.24) is 25.2 Å². The van der Waals surface area contributed by atoms with E-state index in [1.54, 1.807) is 50.9 Å². The van der Waals surface area contributed by atoms with Crippen molar-refractivity contribution in [3.05, 3.63) is 54.0 Å². The van der Waals surface area contributed by atoms with Gasteiger partial charge in [0.15, 0.2) is 5.79 Å². The zero-order valence-corrected chi connectivity index (χ0v) is 24.6. The SMILES string of the molecule is C#Cc1cn([C@@H]2S[C@H](CNC(=O)c3ccccc3)[C@H]3OC(C)(C)O[C@H]32)c2ncnc(OC(=O)NC(=O)OC(C)(C)C)c12. The number of rotatable bonds is 5. The number of aromatic nitrogens is 3. The van der Waals surface area contributed by atoms with Crippen molar-refractivity contribution >= 4 is 40.9 Å². The molecule has 2 N–H and O–H groups in total. The second-order valence-corrected chi connectivity index (χ2v) is 12.6. The lowest BCUT2D eigenvalue weighted by Crippen LogP contribution is -2.38. The van der Waals surface area contributed by atoms with Crippen LogP contribution < -0.4 is 15.4 Å². The molecule has 13 heteroatoms. The largest absolute Gasteiger partial charge is 0.443 e. The summed E-state index contributed by atoms with van der Waals surface area (Å²) in [7, 11) is 0. The first kappa shape index (κ1) is 29.4. The highest BCUT2D eigenvalue weighted by atomic mass is 32.2. The van der Waals surface area contributed by atoms with Gasteiger partial charge in [0.1, 0.15) is 35.2 Å². The third-order valence-electron chi connectivity index (χ3n) is 6.42. The van der Waals surface area contributed by atoms with Crippen LogP contribution in [-0.2, 0) is 14.2 Å². The molecule has 0 spiro atoms. The van der Waals surface area contributed by atoms with Crippen molar-refractivity contribution in [1.29, 1.82) is 0 Å². The highest BCUT2D eigenvalue weighted by Crippen LogP contribution is 2.52. The second-order valence-electron chi connectivity index (χ2n) is 11.2. The Bertz CT molecular complexity index is 1560. The van der Waals surface area contributed by atoms with Crippen molar-refractivity contribution in [2.75, 3.05) is 6.54 Å². The smallest absolute Gasteiger partial charge is 0.423 e. The van der Waals surface area contributed by atoms with Crippen LogP contribution in [0.4, 0.5) is 9.59 Å². The normalized spacial score (nSPS) is 22.7. The number of amides is 3. The fraction of sp³-hybridized carbons (Fsp3) is 0.414. The minimum absolute atomic E-state index is 0.122. The maximum atomic E-state index is 12.7. The van der Waals surface area contributed by atoms with Gasteiger partial charge in [0, 0.05) is 18.3 Å². The average molecular weight is 594 g/mol. The molecule has 0 aliphatic carbocycles. The summed E-state index contributed by atoms with van der Waals surface area (Å²) in [6.07, 6.45) is 5.99. The Morgan fingerprint density at radius 2 is 1.83 bits per heavy atom. The zero-order valence-electron chi connectivity index (χ0n) is 23.7. The monoisotopic (exact) mass is 593 g/mol. The molecule has 4 heterocycles. The van der Waals surface area contributed by atoms with Gasteiger partial charge in [0.25, 0.3) is 5.91 Å². The number of benzene rings is 1. The van der Waals surface area contributed by atoms with E-state index in [1.807, 2.05) is 41.9 Å². The molecule has 0 bridgehead atoms. The molecular formula is C29H31N5O7S. The molecule has 0 unspecified atom stereocenters. The number of thioether (sulfide) groups is 1. The van der Waals surface area contributed by atoms with Crippen LogP contribution in [0.2, 0.25) is 0 Å². The van der Waals surface area contributed by atoms with Crippen LogP contribution in [0, 0.1) is 12.3 Å². The number of hydrogen-bond acceptors (Lipinski definition) is 10. The van der Waals surface area contributed by atoms with Gasteiger partial charge in [0.2, 0.25) is 5.88 Å². The average Bonchev–Trinajstić information content (AvgIpc) is 3.55. The van der Waals surface area contributed by atoms with Crippen LogP contribution >= 0.6 is 11.8 Å². The molecule has 2 aromatic heterocycles. The van der Waals surface area contributed by atoms with Crippen LogP contribution in [0.15, 0.2) is 42.9 Å². The molecule has 2 fully saturated rings. The third-order valence-corrected chi connectivity index (χ3v) is 7.98. The summed E-state index contributed by atoms with van der Waals surface area (Å²) in [4.78, 5) is 45.8. The number of nitrogens with zero attached hydrogens (tertiary/aromatic N) is 3. The summed E-state index contributed by atoms with van der Waals surface area (Å²) in [5, 5.41) is 4.83. The van der Waals surface area contributed by atoms with E-state index in [1.165, 1.54) is 6.33 Å². The van der Waals surface area contributed by atoms with Crippen molar-refractivity contribution in [3.63, 3.8) is 0 Å². The van der Waals surface area contributed by atoms with Crippen LogP contribution in [0.3, 0.4) is 0 Å². The first-order valence-corrected chi connectivity index (χ1v) is 14.2. The maximum Gasteiger partial charge on any atom is 0.423 e. The number of carbonyl (C=O) groups is 3. The van der Waals surface area contributed by atoms with E-state index in [0.717, 1.165) is 0 Å². The van der Waals surface area contributed by atoms with E-state index in [9.17, 15) is 14.4 Å². The molecule has 42 heavy (non-hydrogen) atoms. The molecule has 12 nitrogen and oxygen atoms in total. The van der Waals surface area contributed by atoms with Crippen molar-refractivity contribution in [3.8, 4) is 18.2 Å². The minimum Gasteiger partial charge on any atom is -0.443 e. The Balaban J connectivity index is 1.40. The number of nitrogens with one attached hydrogen (secondary N) is 2. The van der Waals surface area contributed by atoms with E-state index in [2.05, 4.69) is 21.2 Å². The summed E-state index contributed by atoms with van der Waals surface area (Å²) in [6.45, 7) is 9.02. The van der Waals surface area contributed by atoms with Crippen molar-refractivity contribution in [2.24, 2.45) is 0 Å². The molecule has 2 aliphatic rings. The van der Waals surface area contributed by atoms with E-state index >= 15 is 0 Å². The highest BCUT2D eigenvalue weighted by Gasteiger charge is 2.55. The Morgan fingerprint density at radius 3 is 2.52 bits per heavy atom. The molecule has 220 valence electrons. The predicted molar refractivity (Wildman–Crippen MR) is 154 cm³/mol. The Hall–Kier alpha value is -4.12. The fourth-order valence-corrected chi connectivity index (χ4v) is 6.43. The summed E-state index contributed by atoms with van der Waals surface area (Å²) in [5.41, 5.74) is 0.533. The van der Waals surface area contributed by atoms with E-state index in [4.69, 9.17) is 25.4 Å². The Kier molecular flexibility index (Phi) is 7.89. The first-order chi connectivity index (χ1) is 19.8. The number of ether oxygens (including phenoxy) is 4. The molecule has 2 saturated heterocycles. The first-order valence-electron chi connectivity index (χ1n) is 13.2. The molecule has 4 atom stereocenters. The number of terminal acetylenes is 1. The van der Waals surface area contributed by atoms with Gasteiger partial charge in [-0.2, -0.15) is 0 Å². The van der Waals surface area contributed by atoms with Gasteiger partial charge in [-0.25, -0.2) is 24.9 Å². The number of hydrogen-bond donors (Lipinski definition) is 2. The number of carbonyl (C=O) groups excluding carboxylic acids is 3. The Labute approximate surface area is 246 Å². The van der Waals surface area contributed by atoms with E-state index < -0.39 is 29.7 Å². The summed E-state index contributed by atoms with van der Waals surface area (Å²) >= 11 is 1.55. The van der Waals surface area contributed by atoms with Gasteiger partial charge >= 0.3 is 12.2 Å². The molecule has 5 rings (SSSR count).